The predicted molar refractivity (Wildman–Crippen MR) is 113 cm³/mol. The third-order valence-corrected chi connectivity index (χ3v) is 5.67. The van der Waals surface area contributed by atoms with Crippen LogP contribution in [0.2, 0.25) is 0 Å². The van der Waals surface area contributed by atoms with Gasteiger partial charge >= 0.3 is 11.1 Å². The number of aryl methyl sites for hydroxylation is 1. The first-order chi connectivity index (χ1) is 14.2. The Morgan fingerprint density at radius 1 is 0.967 bits per heavy atom. The molecule has 3 rings (SSSR count). The zero-order valence-electron chi connectivity index (χ0n) is 16.4. The van der Waals surface area contributed by atoms with Crippen molar-refractivity contribution < 1.29 is 13.2 Å². The van der Waals surface area contributed by atoms with Crippen molar-refractivity contribution in [1.82, 2.24) is 14.5 Å². The van der Waals surface area contributed by atoms with E-state index in [0.29, 0.717) is 24.0 Å². The molecule has 9 nitrogen and oxygen atoms in total. The summed E-state index contributed by atoms with van der Waals surface area (Å²) in [4.78, 5) is 37.2. The number of primary sulfonamides is 1. The number of nitrogens with two attached hydrogens (primary N) is 1. The van der Waals surface area contributed by atoms with Gasteiger partial charge < -0.3 is 9.88 Å². The first kappa shape index (κ1) is 21.5. The van der Waals surface area contributed by atoms with Crippen LogP contribution in [0.5, 0.6) is 0 Å². The van der Waals surface area contributed by atoms with Crippen LogP contribution in [0.4, 0.5) is 0 Å². The summed E-state index contributed by atoms with van der Waals surface area (Å²) in [6.07, 6.45) is 0.462. The van der Waals surface area contributed by atoms with Crippen molar-refractivity contribution in [2.45, 2.75) is 31.3 Å². The van der Waals surface area contributed by atoms with E-state index < -0.39 is 27.0 Å². The number of hydrogen-bond donors (Lipinski definition) is 2. The van der Waals surface area contributed by atoms with Gasteiger partial charge in [-0.15, -0.1) is 0 Å². The summed E-state index contributed by atoms with van der Waals surface area (Å²) in [6, 6.07) is 13.0. The predicted octanol–water partition coefficient (Wildman–Crippen LogP) is 0.189. The molecule has 0 atom stereocenters. The van der Waals surface area contributed by atoms with E-state index in [9.17, 15) is 22.8 Å². The summed E-state index contributed by atoms with van der Waals surface area (Å²) in [7, 11) is -3.75. The Kier molecular flexibility index (Phi) is 6.18. The molecule has 2 aromatic carbocycles. The molecule has 0 saturated heterocycles. The highest BCUT2D eigenvalue weighted by Crippen LogP contribution is 2.11. The molecule has 3 N–H and O–H groups in total. The van der Waals surface area contributed by atoms with Gasteiger partial charge in [-0.1, -0.05) is 24.3 Å². The van der Waals surface area contributed by atoms with Crippen molar-refractivity contribution in [3.63, 3.8) is 0 Å². The maximum absolute atomic E-state index is 12.5. The summed E-state index contributed by atoms with van der Waals surface area (Å²) in [5, 5.41) is 7.78. The van der Waals surface area contributed by atoms with Gasteiger partial charge in [0.25, 0.3) is 0 Å². The topological polar surface area (TPSA) is 133 Å². The largest absolute Gasteiger partial charge is 0.354 e. The van der Waals surface area contributed by atoms with Gasteiger partial charge in [0.15, 0.2) is 0 Å². The summed E-state index contributed by atoms with van der Waals surface area (Å²) in [6.45, 7) is 2.14. The molecule has 3 aromatic rings. The van der Waals surface area contributed by atoms with Crippen LogP contribution >= 0.6 is 0 Å². The van der Waals surface area contributed by atoms with E-state index in [2.05, 4.69) is 5.32 Å². The number of hydrogen-bond acceptors (Lipinski definition) is 5. The van der Waals surface area contributed by atoms with Gasteiger partial charge in [-0.25, -0.2) is 13.6 Å². The number of sulfonamides is 1. The molecule has 1 aromatic heterocycles. The lowest BCUT2D eigenvalue weighted by Crippen LogP contribution is -2.43. The van der Waals surface area contributed by atoms with Crippen molar-refractivity contribution in [3.05, 3.63) is 74.8 Å². The van der Waals surface area contributed by atoms with Gasteiger partial charge in [0.05, 0.1) is 15.9 Å². The molecule has 0 aliphatic heterocycles. The Balaban J connectivity index is 1.71. The SMILES string of the molecule is CCn1c(=O)c(=O)n(CC(=O)NCCc2ccc(S(N)(=O)=O)cc2)c2ccccc21. The number of rotatable bonds is 7. The molecule has 0 saturated carbocycles. The molecule has 0 unspecified atom stereocenters. The Morgan fingerprint density at radius 3 is 2.10 bits per heavy atom. The fourth-order valence-corrected chi connectivity index (χ4v) is 3.75. The zero-order chi connectivity index (χ0) is 21.9. The highest BCUT2D eigenvalue weighted by atomic mass is 32.2. The van der Waals surface area contributed by atoms with Crippen LogP contribution in [0, 0.1) is 0 Å². The maximum Gasteiger partial charge on any atom is 0.317 e. The highest BCUT2D eigenvalue weighted by molar-refractivity contribution is 7.89. The number of aromatic nitrogens is 2. The summed E-state index contributed by atoms with van der Waals surface area (Å²) in [5.41, 5.74) is 0.504. The van der Waals surface area contributed by atoms with Gasteiger partial charge in [0, 0.05) is 13.1 Å². The van der Waals surface area contributed by atoms with Crippen molar-refractivity contribution >= 4 is 27.0 Å². The monoisotopic (exact) mass is 430 g/mol. The van der Waals surface area contributed by atoms with Crippen LogP contribution in [0.3, 0.4) is 0 Å². The minimum Gasteiger partial charge on any atom is -0.354 e. The number of fused-ring (bicyclic) bond motifs is 1. The van der Waals surface area contributed by atoms with E-state index in [1.165, 1.54) is 21.3 Å². The molecule has 0 fully saturated rings. The Hall–Kier alpha value is -3.24. The number of nitrogens with zero attached hydrogens (tertiary/aromatic N) is 2. The van der Waals surface area contributed by atoms with Gasteiger partial charge in [0.1, 0.15) is 6.54 Å². The van der Waals surface area contributed by atoms with E-state index in [0.717, 1.165) is 5.56 Å². The van der Waals surface area contributed by atoms with Gasteiger partial charge in [0.2, 0.25) is 15.9 Å². The minimum atomic E-state index is -3.75. The van der Waals surface area contributed by atoms with E-state index in [1.807, 2.05) is 0 Å². The van der Waals surface area contributed by atoms with Crippen LogP contribution in [-0.4, -0.2) is 30.0 Å². The normalized spacial score (nSPS) is 11.5. The second kappa shape index (κ2) is 8.64. The molecule has 0 aliphatic carbocycles. The number of carbonyl (C=O) groups is 1. The van der Waals surface area contributed by atoms with Crippen molar-refractivity contribution in [3.8, 4) is 0 Å². The smallest absolute Gasteiger partial charge is 0.317 e. The fraction of sp³-hybridized carbons (Fsp3) is 0.250. The van der Waals surface area contributed by atoms with Crippen LogP contribution in [-0.2, 0) is 34.3 Å². The van der Waals surface area contributed by atoms with Crippen LogP contribution in [0.1, 0.15) is 12.5 Å². The maximum atomic E-state index is 12.5. The van der Waals surface area contributed by atoms with Gasteiger partial charge in [-0.3, -0.25) is 19.0 Å². The average Bonchev–Trinajstić information content (AvgIpc) is 2.71. The molecule has 1 heterocycles. The second-order valence-corrected chi connectivity index (χ2v) is 8.28. The highest BCUT2D eigenvalue weighted by Gasteiger charge is 2.14. The van der Waals surface area contributed by atoms with E-state index in [4.69, 9.17) is 5.14 Å². The number of nitrogens with one attached hydrogen (secondary N) is 1. The minimum absolute atomic E-state index is 0.0170. The number of carbonyl (C=O) groups excluding carboxylic acids is 1. The van der Waals surface area contributed by atoms with Crippen LogP contribution < -0.4 is 21.6 Å². The van der Waals surface area contributed by atoms with Crippen molar-refractivity contribution in [2.75, 3.05) is 6.54 Å². The lowest BCUT2D eigenvalue weighted by Gasteiger charge is -2.14. The van der Waals surface area contributed by atoms with Gasteiger partial charge in [-0.2, -0.15) is 0 Å². The number of para-hydroxylation sites is 2. The third kappa shape index (κ3) is 4.50. The summed E-state index contributed by atoms with van der Waals surface area (Å²) >= 11 is 0. The zero-order valence-corrected chi connectivity index (χ0v) is 17.2. The molecule has 158 valence electrons. The first-order valence-corrected chi connectivity index (χ1v) is 10.9. The quantitative estimate of drug-likeness (QED) is 0.516. The number of benzene rings is 2. The molecule has 1 amide bonds. The van der Waals surface area contributed by atoms with E-state index in [-0.39, 0.29) is 18.0 Å². The average molecular weight is 430 g/mol. The molecule has 0 bridgehead atoms. The van der Waals surface area contributed by atoms with Crippen LogP contribution in [0.15, 0.2) is 63.0 Å². The molecule has 0 radical (unpaired) electrons. The van der Waals surface area contributed by atoms with Crippen molar-refractivity contribution in [1.29, 1.82) is 0 Å². The number of amides is 1. The lowest BCUT2D eigenvalue weighted by atomic mass is 10.1. The Morgan fingerprint density at radius 2 is 1.53 bits per heavy atom. The molecular weight excluding hydrogens is 408 g/mol. The molecule has 0 aliphatic rings. The van der Waals surface area contributed by atoms with E-state index in [1.54, 1.807) is 43.3 Å². The molecular formula is C20H22N4O5S. The lowest BCUT2D eigenvalue weighted by molar-refractivity contribution is -0.121. The van der Waals surface area contributed by atoms with Crippen molar-refractivity contribution in [2.24, 2.45) is 5.14 Å². The fourth-order valence-electron chi connectivity index (χ4n) is 3.23. The molecule has 30 heavy (non-hydrogen) atoms. The summed E-state index contributed by atoms with van der Waals surface area (Å²) in [5.74, 6) is -0.406. The van der Waals surface area contributed by atoms with E-state index >= 15 is 0 Å². The first-order valence-electron chi connectivity index (χ1n) is 9.33. The molecule has 10 heteroatoms. The van der Waals surface area contributed by atoms with Crippen LogP contribution in [0.25, 0.3) is 11.0 Å². The van der Waals surface area contributed by atoms with Gasteiger partial charge in [-0.05, 0) is 43.2 Å². The Labute approximate surface area is 172 Å². The third-order valence-electron chi connectivity index (χ3n) is 4.74. The second-order valence-electron chi connectivity index (χ2n) is 6.72. The standard InChI is InChI=1S/C20H22N4O5S/c1-2-23-16-5-3-4-6-17(16)24(20(27)19(23)26)13-18(25)22-12-11-14-7-9-15(10-8-14)30(21,28)29/h3-10H,2,11-13H2,1H3,(H,22,25)(H2,21,28,29). The summed E-state index contributed by atoms with van der Waals surface area (Å²) < 4.78 is 25.1. The Bertz CT molecular complexity index is 1310. The molecule has 0 spiro atoms.